The fourth-order valence-corrected chi connectivity index (χ4v) is 10.2. The van der Waals surface area contributed by atoms with Crippen molar-refractivity contribution in [1.29, 1.82) is 0 Å². The summed E-state index contributed by atoms with van der Waals surface area (Å²) in [6, 6.07) is 3.91. The Kier molecular flexibility index (Phi) is 7.30. The van der Waals surface area contributed by atoms with E-state index >= 15 is 0 Å². The molecule has 37 heavy (non-hydrogen) atoms. The molecule has 1 heterocycles. The Labute approximate surface area is 230 Å². The third kappa shape index (κ3) is 4.67. The van der Waals surface area contributed by atoms with Crippen LogP contribution in [-0.4, -0.2) is 22.9 Å². The summed E-state index contributed by atoms with van der Waals surface area (Å²) in [5.41, 5.74) is 1.12. The molecule has 0 saturated heterocycles. The molecule has 4 nitrogen and oxygen atoms in total. The van der Waals surface area contributed by atoms with Crippen LogP contribution in [0.5, 0.6) is 0 Å². The highest BCUT2D eigenvalue weighted by Crippen LogP contribution is 2.67. The first-order valence-corrected chi connectivity index (χ1v) is 15.3. The number of carbonyl (C=O) groups excluding carboxylic acids is 2. The average Bonchev–Trinajstić information content (AvgIpc) is 3.41. The molecule has 2 N–H and O–H groups in total. The van der Waals surface area contributed by atoms with Crippen LogP contribution in [0.15, 0.2) is 35.9 Å². The summed E-state index contributed by atoms with van der Waals surface area (Å²) in [5.74, 6) is 2.28. The van der Waals surface area contributed by atoms with E-state index in [1.807, 2.05) is 12.1 Å². The Morgan fingerprint density at radius 2 is 1.95 bits per heavy atom. The summed E-state index contributed by atoms with van der Waals surface area (Å²) < 4.78 is 0.750. The van der Waals surface area contributed by atoms with Crippen LogP contribution in [0.4, 0.5) is 0 Å². The number of carbonyl (C=O) groups is 2. The minimum absolute atomic E-state index is 0.0182. The molecule has 4 aliphatic rings. The quantitative estimate of drug-likeness (QED) is 0.401. The summed E-state index contributed by atoms with van der Waals surface area (Å²) in [6.45, 7) is 11.2. The third-order valence-electron chi connectivity index (χ3n) is 10.7. The number of nitrogens with one attached hydrogen (secondary N) is 1. The number of rotatable bonds is 6. The van der Waals surface area contributed by atoms with Crippen molar-refractivity contribution in [3.05, 3.63) is 45.1 Å². The molecular weight excluding hydrogens is 502 g/mol. The second-order valence-corrected chi connectivity index (χ2v) is 14.8. The maximum absolute atomic E-state index is 13.3. The highest BCUT2D eigenvalue weighted by atomic mass is 35.5. The molecule has 0 spiro atoms. The van der Waals surface area contributed by atoms with Crippen molar-refractivity contribution in [1.82, 2.24) is 5.32 Å². The number of amides is 1. The lowest BCUT2D eigenvalue weighted by Crippen LogP contribution is -2.55. The molecule has 0 aromatic carbocycles. The monoisotopic (exact) mass is 543 g/mol. The molecular formula is C31H42ClNO3S. The molecule has 202 valence electrons. The van der Waals surface area contributed by atoms with Gasteiger partial charge in [-0.2, -0.15) is 0 Å². The maximum atomic E-state index is 13.3. The smallest absolute Gasteiger partial charge is 0.220 e. The van der Waals surface area contributed by atoms with Crippen LogP contribution in [0.3, 0.4) is 0 Å². The molecule has 1 aromatic heterocycles. The summed E-state index contributed by atoms with van der Waals surface area (Å²) in [5, 5.41) is 14.7. The molecule has 1 amide bonds. The second kappa shape index (κ2) is 9.95. The van der Waals surface area contributed by atoms with Crippen molar-refractivity contribution in [2.45, 2.75) is 85.3 Å². The summed E-state index contributed by atoms with van der Waals surface area (Å²) >= 11 is 7.72. The van der Waals surface area contributed by atoms with Gasteiger partial charge in [-0.1, -0.05) is 57.9 Å². The zero-order valence-electron chi connectivity index (χ0n) is 22.8. The molecule has 0 aliphatic heterocycles. The number of hydrogen-bond acceptors (Lipinski definition) is 4. The Morgan fingerprint density at radius 1 is 1.19 bits per heavy atom. The molecule has 2 unspecified atom stereocenters. The van der Waals surface area contributed by atoms with Gasteiger partial charge in [0.05, 0.1) is 16.5 Å². The van der Waals surface area contributed by atoms with Crippen LogP contribution in [-0.2, 0) is 9.59 Å². The van der Waals surface area contributed by atoms with Gasteiger partial charge in [0.15, 0.2) is 5.78 Å². The van der Waals surface area contributed by atoms with Crippen LogP contribution >= 0.6 is 22.9 Å². The van der Waals surface area contributed by atoms with Crippen LogP contribution in [0.2, 0.25) is 4.34 Å². The molecule has 1 aromatic rings. The fraction of sp³-hybridized carbons (Fsp3) is 0.677. The van der Waals surface area contributed by atoms with Gasteiger partial charge < -0.3 is 10.4 Å². The Hall–Kier alpha value is -1.43. The first kappa shape index (κ1) is 27.1. The lowest BCUT2D eigenvalue weighted by Gasteiger charge is -2.58. The van der Waals surface area contributed by atoms with Gasteiger partial charge in [-0.3, -0.25) is 9.59 Å². The van der Waals surface area contributed by atoms with Gasteiger partial charge in [0.2, 0.25) is 5.91 Å². The Morgan fingerprint density at radius 3 is 2.62 bits per heavy atom. The fourth-order valence-electron chi connectivity index (χ4n) is 8.87. The maximum Gasteiger partial charge on any atom is 0.220 e. The lowest BCUT2D eigenvalue weighted by atomic mass is 9.46. The minimum Gasteiger partial charge on any atom is -0.392 e. The van der Waals surface area contributed by atoms with Gasteiger partial charge in [0, 0.05) is 16.7 Å². The Bertz CT molecular complexity index is 1120. The van der Waals surface area contributed by atoms with Gasteiger partial charge in [0.1, 0.15) is 0 Å². The van der Waals surface area contributed by atoms with Gasteiger partial charge in [-0.05, 0) is 97.3 Å². The second-order valence-electron chi connectivity index (χ2n) is 13.1. The van der Waals surface area contributed by atoms with E-state index < -0.39 is 6.10 Å². The summed E-state index contributed by atoms with van der Waals surface area (Å²) in [7, 11) is 0. The molecule has 0 bridgehead atoms. The van der Waals surface area contributed by atoms with Crippen molar-refractivity contribution in [3.8, 4) is 0 Å². The molecule has 3 saturated carbocycles. The number of aliphatic hydroxyl groups excluding tert-OH is 1. The van der Waals surface area contributed by atoms with E-state index in [1.165, 1.54) is 0 Å². The molecule has 4 aliphatic carbocycles. The number of hydrogen-bond donors (Lipinski definition) is 2. The number of aliphatic hydroxyl groups is 1. The van der Waals surface area contributed by atoms with Crippen LogP contribution in [0.1, 0.15) is 84.1 Å². The molecule has 0 radical (unpaired) electrons. The van der Waals surface area contributed by atoms with Crippen molar-refractivity contribution < 1.29 is 14.7 Å². The first-order chi connectivity index (χ1) is 17.4. The van der Waals surface area contributed by atoms with E-state index in [4.69, 9.17) is 11.6 Å². The largest absolute Gasteiger partial charge is 0.392 e. The van der Waals surface area contributed by atoms with E-state index in [0.717, 1.165) is 40.5 Å². The van der Waals surface area contributed by atoms with Gasteiger partial charge in [-0.25, -0.2) is 0 Å². The topological polar surface area (TPSA) is 66.4 Å². The number of halogens is 1. The predicted molar refractivity (Wildman–Crippen MR) is 150 cm³/mol. The molecule has 9 atom stereocenters. The number of thiophene rings is 1. The van der Waals surface area contributed by atoms with Gasteiger partial charge in [0.25, 0.3) is 0 Å². The Balaban J connectivity index is 1.30. The van der Waals surface area contributed by atoms with Crippen molar-refractivity contribution >= 4 is 34.6 Å². The minimum atomic E-state index is -0.393. The van der Waals surface area contributed by atoms with Crippen molar-refractivity contribution in [2.75, 3.05) is 0 Å². The van der Waals surface area contributed by atoms with Crippen LogP contribution in [0, 0.1) is 46.3 Å². The third-order valence-corrected chi connectivity index (χ3v) is 12.0. The van der Waals surface area contributed by atoms with Gasteiger partial charge in [-0.15, -0.1) is 11.3 Å². The van der Waals surface area contributed by atoms with E-state index in [9.17, 15) is 14.7 Å². The highest BCUT2D eigenvalue weighted by Gasteiger charge is 2.61. The first-order valence-electron chi connectivity index (χ1n) is 14.1. The molecule has 3 fully saturated rings. The van der Waals surface area contributed by atoms with E-state index in [1.54, 1.807) is 23.5 Å². The highest BCUT2D eigenvalue weighted by molar-refractivity contribution is 7.16. The number of ketones is 1. The molecule has 6 heteroatoms. The van der Waals surface area contributed by atoms with Crippen molar-refractivity contribution in [3.63, 3.8) is 0 Å². The van der Waals surface area contributed by atoms with E-state index in [0.29, 0.717) is 30.6 Å². The van der Waals surface area contributed by atoms with E-state index in [-0.39, 0.29) is 46.3 Å². The predicted octanol–water partition coefficient (Wildman–Crippen LogP) is 7.14. The average molecular weight is 544 g/mol. The number of allylic oxidation sites excluding steroid dienone is 3. The van der Waals surface area contributed by atoms with Crippen molar-refractivity contribution in [2.24, 2.45) is 46.3 Å². The normalized spacial score (nSPS) is 38.4. The number of fused-ring (bicyclic) bond motifs is 5. The summed E-state index contributed by atoms with van der Waals surface area (Å²) in [6.07, 6.45) is 10.8. The molecule has 5 rings (SSSR count). The standard InChI is InChI=1S/C31H42ClNO3S/c1-17(2)29(25-8-9-26(32)37-25)33-27(36)14-18(3)21-6-7-22-28-23(11-13-31(21,22)5)30(4)12-10-20(34)15-19(30)16-24(28)35/h8-10,12,15,17-18,21-24,28-29,35H,6-7,11,13-14,16H2,1-5H3,(H,33,36)/t18-,21?,22+,23+,24-,28+,29?,30+,31-/m1/s1. The van der Waals surface area contributed by atoms with Gasteiger partial charge >= 0.3 is 0 Å². The van der Waals surface area contributed by atoms with Crippen LogP contribution < -0.4 is 5.32 Å². The van der Waals surface area contributed by atoms with E-state index in [2.05, 4.69) is 46.0 Å². The SMILES string of the molecule is CC(C)C(NC(=O)C[C@@H](C)C1CC[C@H]2[C@@H]3[C@H](O)CC4=CC(=O)C=C[C@]4(C)[C@H]3CC[C@]12C)c1ccc(Cl)s1. The zero-order valence-corrected chi connectivity index (χ0v) is 24.4. The zero-order chi connectivity index (χ0) is 26.7. The summed E-state index contributed by atoms with van der Waals surface area (Å²) in [4.78, 5) is 26.4. The lowest BCUT2D eigenvalue weighted by molar-refractivity contribution is -0.125. The van der Waals surface area contributed by atoms with Crippen LogP contribution in [0.25, 0.3) is 0 Å².